The molecule has 2 aromatic heterocycles. The lowest BCUT2D eigenvalue weighted by Gasteiger charge is -2.31. The van der Waals surface area contributed by atoms with Gasteiger partial charge in [-0.3, -0.25) is 0 Å². The third-order valence-corrected chi connectivity index (χ3v) is 4.94. The number of hydrogen-bond donors (Lipinski definition) is 1. The molecule has 1 aromatic carbocycles. The fraction of sp³-hybridized carbons (Fsp3) is 0.333. The molecule has 3 rings (SSSR count). The van der Waals surface area contributed by atoms with Gasteiger partial charge in [0.15, 0.2) is 0 Å². The average molecular weight is 363 g/mol. The van der Waals surface area contributed by atoms with E-state index in [1.165, 1.54) is 5.56 Å². The summed E-state index contributed by atoms with van der Waals surface area (Å²) in [6.45, 7) is 7.00. The van der Waals surface area contributed by atoms with Crippen molar-refractivity contribution in [3.05, 3.63) is 60.4 Å². The van der Waals surface area contributed by atoms with E-state index in [-0.39, 0.29) is 5.41 Å². The summed E-state index contributed by atoms with van der Waals surface area (Å²) in [5, 5.41) is 3.46. The average Bonchev–Trinajstić information content (AvgIpc) is 2.72. The third-order valence-electron chi connectivity index (χ3n) is 4.94. The molecule has 0 radical (unpaired) electrons. The summed E-state index contributed by atoms with van der Waals surface area (Å²) in [6, 6.07) is 10.1. The monoisotopic (exact) mass is 363 g/mol. The standard InChI is InChI=1S/C21H25N5O/c1-5-21(3,17-8-6-7-9-19(17)27-4)13-24-20-10-18(25-14-26-20)16-11-22-15(2)23-12-16/h6-12,14H,5,13H2,1-4H3,(H,24,25,26)/t21-/m1/s1. The van der Waals surface area contributed by atoms with Gasteiger partial charge in [-0.1, -0.05) is 32.0 Å². The number of nitrogens with one attached hydrogen (secondary N) is 1. The molecule has 0 saturated carbocycles. The Morgan fingerprint density at radius 1 is 1.07 bits per heavy atom. The Labute approximate surface area is 160 Å². The quantitative estimate of drug-likeness (QED) is 0.683. The molecule has 6 heteroatoms. The maximum atomic E-state index is 5.56. The van der Waals surface area contributed by atoms with Crippen LogP contribution in [0, 0.1) is 6.92 Å². The molecule has 27 heavy (non-hydrogen) atoms. The highest BCUT2D eigenvalue weighted by atomic mass is 16.5. The lowest BCUT2D eigenvalue weighted by atomic mass is 9.79. The predicted octanol–water partition coefficient (Wildman–Crippen LogP) is 4.03. The van der Waals surface area contributed by atoms with Crippen LogP contribution in [0.25, 0.3) is 11.3 Å². The van der Waals surface area contributed by atoms with Crippen LogP contribution in [0.5, 0.6) is 5.75 Å². The van der Waals surface area contributed by atoms with Gasteiger partial charge in [-0.15, -0.1) is 0 Å². The van der Waals surface area contributed by atoms with Gasteiger partial charge in [-0.05, 0) is 19.4 Å². The van der Waals surface area contributed by atoms with Gasteiger partial charge in [0.1, 0.15) is 23.7 Å². The molecule has 0 amide bonds. The molecule has 3 aromatic rings. The summed E-state index contributed by atoms with van der Waals surface area (Å²) in [6.07, 6.45) is 6.08. The van der Waals surface area contributed by atoms with Crippen LogP contribution in [0.15, 0.2) is 49.1 Å². The molecular formula is C21H25N5O. The summed E-state index contributed by atoms with van der Waals surface area (Å²) in [4.78, 5) is 17.2. The van der Waals surface area contributed by atoms with Crippen molar-refractivity contribution in [3.63, 3.8) is 0 Å². The maximum absolute atomic E-state index is 5.56. The molecule has 2 heterocycles. The summed E-state index contributed by atoms with van der Waals surface area (Å²) in [5.74, 6) is 2.42. The van der Waals surface area contributed by atoms with Crippen molar-refractivity contribution in [2.24, 2.45) is 0 Å². The molecule has 0 unspecified atom stereocenters. The van der Waals surface area contributed by atoms with E-state index in [2.05, 4.69) is 45.2 Å². The topological polar surface area (TPSA) is 72.8 Å². The number of aryl methyl sites for hydroxylation is 1. The van der Waals surface area contributed by atoms with Crippen molar-refractivity contribution >= 4 is 5.82 Å². The minimum Gasteiger partial charge on any atom is -0.496 e. The van der Waals surface area contributed by atoms with E-state index in [0.29, 0.717) is 0 Å². The number of anilines is 1. The first-order valence-corrected chi connectivity index (χ1v) is 9.04. The largest absolute Gasteiger partial charge is 0.496 e. The lowest BCUT2D eigenvalue weighted by Crippen LogP contribution is -2.31. The first-order chi connectivity index (χ1) is 13.1. The van der Waals surface area contributed by atoms with E-state index in [4.69, 9.17) is 4.74 Å². The van der Waals surface area contributed by atoms with Gasteiger partial charge in [0.2, 0.25) is 0 Å². The van der Waals surface area contributed by atoms with Crippen LogP contribution in [0.4, 0.5) is 5.82 Å². The summed E-state index contributed by atoms with van der Waals surface area (Å²) >= 11 is 0. The number of benzene rings is 1. The Kier molecular flexibility index (Phi) is 5.64. The molecule has 0 aliphatic carbocycles. The number of ether oxygens (including phenoxy) is 1. The molecule has 0 spiro atoms. The van der Waals surface area contributed by atoms with E-state index >= 15 is 0 Å². The van der Waals surface area contributed by atoms with Crippen LogP contribution in [0.3, 0.4) is 0 Å². The third kappa shape index (κ3) is 4.22. The van der Waals surface area contributed by atoms with Crippen molar-refractivity contribution in [2.75, 3.05) is 19.0 Å². The Hall–Kier alpha value is -3.02. The number of methoxy groups -OCH3 is 1. The van der Waals surface area contributed by atoms with Crippen LogP contribution in [0.1, 0.15) is 31.7 Å². The van der Waals surface area contributed by atoms with Crippen LogP contribution in [0.2, 0.25) is 0 Å². The van der Waals surface area contributed by atoms with Gasteiger partial charge in [-0.25, -0.2) is 19.9 Å². The molecule has 1 N–H and O–H groups in total. The molecule has 1 atom stereocenters. The fourth-order valence-electron chi connectivity index (χ4n) is 2.98. The fourth-order valence-corrected chi connectivity index (χ4v) is 2.98. The molecule has 0 aliphatic heterocycles. The van der Waals surface area contributed by atoms with Crippen molar-refractivity contribution in [2.45, 2.75) is 32.6 Å². The van der Waals surface area contributed by atoms with Crippen molar-refractivity contribution < 1.29 is 4.74 Å². The zero-order chi connectivity index (χ0) is 19.3. The van der Waals surface area contributed by atoms with E-state index in [1.807, 2.05) is 31.2 Å². The number of aromatic nitrogens is 4. The molecule has 140 valence electrons. The van der Waals surface area contributed by atoms with Crippen LogP contribution in [-0.4, -0.2) is 33.6 Å². The minimum absolute atomic E-state index is 0.0926. The zero-order valence-corrected chi connectivity index (χ0v) is 16.2. The Morgan fingerprint density at radius 2 is 1.81 bits per heavy atom. The molecule has 0 fully saturated rings. The van der Waals surface area contributed by atoms with E-state index in [9.17, 15) is 0 Å². The number of para-hydroxylation sites is 1. The van der Waals surface area contributed by atoms with E-state index in [0.717, 1.165) is 41.6 Å². The molecule has 0 aliphatic rings. The second kappa shape index (κ2) is 8.12. The van der Waals surface area contributed by atoms with Gasteiger partial charge >= 0.3 is 0 Å². The lowest BCUT2D eigenvalue weighted by molar-refractivity contribution is 0.385. The second-order valence-corrected chi connectivity index (χ2v) is 6.78. The highest BCUT2D eigenvalue weighted by Gasteiger charge is 2.27. The van der Waals surface area contributed by atoms with Crippen molar-refractivity contribution in [3.8, 4) is 17.0 Å². The van der Waals surface area contributed by atoms with Gasteiger partial charge < -0.3 is 10.1 Å². The molecular weight excluding hydrogens is 338 g/mol. The van der Waals surface area contributed by atoms with E-state index < -0.39 is 0 Å². The molecule has 0 saturated heterocycles. The normalized spacial score (nSPS) is 13.0. The highest BCUT2D eigenvalue weighted by Crippen LogP contribution is 2.34. The van der Waals surface area contributed by atoms with Gasteiger partial charge in [0, 0.05) is 41.5 Å². The minimum atomic E-state index is -0.0926. The van der Waals surface area contributed by atoms with E-state index in [1.54, 1.807) is 25.8 Å². The molecule has 0 bridgehead atoms. The van der Waals surface area contributed by atoms with Gasteiger partial charge in [0.05, 0.1) is 12.8 Å². The van der Waals surface area contributed by atoms with Crippen molar-refractivity contribution in [1.29, 1.82) is 0 Å². The molecule has 6 nitrogen and oxygen atoms in total. The van der Waals surface area contributed by atoms with Crippen LogP contribution < -0.4 is 10.1 Å². The summed E-state index contributed by atoms with van der Waals surface area (Å²) < 4.78 is 5.56. The zero-order valence-electron chi connectivity index (χ0n) is 16.2. The summed E-state index contributed by atoms with van der Waals surface area (Å²) in [5.41, 5.74) is 2.76. The maximum Gasteiger partial charge on any atom is 0.129 e. The number of hydrogen-bond acceptors (Lipinski definition) is 6. The SMILES string of the molecule is CC[C@](C)(CNc1cc(-c2cnc(C)nc2)ncn1)c1ccccc1OC. The highest BCUT2D eigenvalue weighted by molar-refractivity contribution is 5.60. The Balaban J connectivity index is 1.80. The van der Waals surface area contributed by atoms with Crippen molar-refractivity contribution in [1.82, 2.24) is 19.9 Å². The predicted molar refractivity (Wildman–Crippen MR) is 107 cm³/mol. The van der Waals surface area contributed by atoms with Crippen LogP contribution >= 0.6 is 0 Å². The number of rotatable bonds is 7. The summed E-state index contributed by atoms with van der Waals surface area (Å²) in [7, 11) is 1.71. The second-order valence-electron chi connectivity index (χ2n) is 6.78. The van der Waals surface area contributed by atoms with Gasteiger partial charge in [-0.2, -0.15) is 0 Å². The number of nitrogens with zero attached hydrogens (tertiary/aromatic N) is 4. The van der Waals surface area contributed by atoms with Gasteiger partial charge in [0.25, 0.3) is 0 Å². The Morgan fingerprint density at radius 3 is 2.52 bits per heavy atom. The first kappa shape index (κ1) is 18.8. The Bertz CT molecular complexity index is 897. The van der Waals surface area contributed by atoms with Crippen LogP contribution in [-0.2, 0) is 5.41 Å². The first-order valence-electron chi connectivity index (χ1n) is 9.04. The smallest absolute Gasteiger partial charge is 0.129 e.